The summed E-state index contributed by atoms with van der Waals surface area (Å²) in [6.45, 7) is 5.59. The molecule has 0 saturated carbocycles. The fraction of sp³-hybridized carbons (Fsp3) is 0.333. The topological polar surface area (TPSA) is 78.7 Å². The molecular formula is C15H16N4OS. The van der Waals surface area contributed by atoms with Crippen molar-refractivity contribution in [1.29, 1.82) is 5.26 Å². The van der Waals surface area contributed by atoms with E-state index in [1.807, 2.05) is 26.0 Å². The second kappa shape index (κ2) is 6.46. The lowest BCUT2D eigenvalue weighted by Gasteiger charge is -2.14. The first-order chi connectivity index (χ1) is 10.0. The zero-order chi connectivity index (χ0) is 15.4. The summed E-state index contributed by atoms with van der Waals surface area (Å²) in [5.41, 5.74) is 1.54. The highest BCUT2D eigenvalue weighted by atomic mass is 32.1. The van der Waals surface area contributed by atoms with Crippen LogP contribution in [-0.2, 0) is 0 Å². The summed E-state index contributed by atoms with van der Waals surface area (Å²) < 4.78 is 0. The third kappa shape index (κ3) is 3.44. The van der Waals surface area contributed by atoms with E-state index in [4.69, 9.17) is 5.26 Å². The van der Waals surface area contributed by atoms with Gasteiger partial charge < -0.3 is 5.32 Å². The predicted molar refractivity (Wildman–Crippen MR) is 81.8 cm³/mol. The van der Waals surface area contributed by atoms with Gasteiger partial charge in [-0.1, -0.05) is 13.8 Å². The van der Waals surface area contributed by atoms with Gasteiger partial charge in [-0.15, -0.1) is 11.3 Å². The van der Waals surface area contributed by atoms with Crippen molar-refractivity contribution in [3.8, 4) is 16.6 Å². The van der Waals surface area contributed by atoms with E-state index in [2.05, 4.69) is 21.4 Å². The third-order valence-corrected chi connectivity index (χ3v) is 4.21. The minimum Gasteiger partial charge on any atom is -0.335 e. The van der Waals surface area contributed by atoms with Crippen LogP contribution in [0.3, 0.4) is 0 Å². The quantitative estimate of drug-likeness (QED) is 0.941. The van der Waals surface area contributed by atoms with Crippen molar-refractivity contribution >= 4 is 17.2 Å². The molecule has 0 radical (unpaired) electrons. The van der Waals surface area contributed by atoms with Crippen LogP contribution in [-0.4, -0.2) is 21.9 Å². The molecule has 1 atom stereocenters. The Bertz CT molecular complexity index is 673. The van der Waals surface area contributed by atoms with Crippen LogP contribution in [0.15, 0.2) is 24.5 Å². The van der Waals surface area contributed by atoms with Gasteiger partial charge in [0.15, 0.2) is 0 Å². The van der Waals surface area contributed by atoms with E-state index in [1.165, 1.54) is 11.3 Å². The molecule has 1 amide bonds. The Labute approximate surface area is 127 Å². The minimum absolute atomic E-state index is 0.0602. The number of amides is 1. The van der Waals surface area contributed by atoms with Crippen LogP contribution in [0, 0.1) is 24.2 Å². The molecule has 0 aliphatic rings. The Morgan fingerprint density at radius 3 is 2.81 bits per heavy atom. The van der Waals surface area contributed by atoms with Crippen molar-refractivity contribution in [2.45, 2.75) is 26.8 Å². The van der Waals surface area contributed by atoms with Crippen molar-refractivity contribution < 1.29 is 4.79 Å². The SMILES string of the molecule is Cc1nc(-c2cccnc2)sc1C(=O)NC(C#N)C(C)C. The largest absolute Gasteiger partial charge is 0.335 e. The number of carbonyl (C=O) groups excluding carboxylic acids is 1. The van der Waals surface area contributed by atoms with Gasteiger partial charge in [-0.3, -0.25) is 9.78 Å². The first-order valence-corrected chi connectivity index (χ1v) is 7.43. The molecular weight excluding hydrogens is 284 g/mol. The van der Waals surface area contributed by atoms with Gasteiger partial charge in [-0.25, -0.2) is 4.98 Å². The monoisotopic (exact) mass is 300 g/mol. The Morgan fingerprint density at radius 2 is 2.24 bits per heavy atom. The summed E-state index contributed by atoms with van der Waals surface area (Å²) in [5.74, 6) is -0.189. The Balaban J connectivity index is 2.24. The first kappa shape index (κ1) is 15.1. The average molecular weight is 300 g/mol. The Hall–Kier alpha value is -2.26. The molecule has 2 rings (SSSR count). The van der Waals surface area contributed by atoms with Gasteiger partial charge in [0.2, 0.25) is 0 Å². The van der Waals surface area contributed by atoms with E-state index >= 15 is 0 Å². The van der Waals surface area contributed by atoms with Gasteiger partial charge in [-0.2, -0.15) is 5.26 Å². The highest BCUT2D eigenvalue weighted by molar-refractivity contribution is 7.17. The molecule has 2 aromatic heterocycles. The van der Waals surface area contributed by atoms with Gasteiger partial charge in [0.25, 0.3) is 5.91 Å². The van der Waals surface area contributed by atoms with Crippen LogP contribution in [0.25, 0.3) is 10.6 Å². The second-order valence-corrected chi connectivity index (χ2v) is 6.00. The van der Waals surface area contributed by atoms with E-state index in [-0.39, 0.29) is 11.8 Å². The van der Waals surface area contributed by atoms with Gasteiger partial charge in [0.05, 0.1) is 11.8 Å². The van der Waals surface area contributed by atoms with Crippen LogP contribution in [0.4, 0.5) is 0 Å². The van der Waals surface area contributed by atoms with E-state index < -0.39 is 6.04 Å². The number of hydrogen-bond donors (Lipinski definition) is 1. The smallest absolute Gasteiger partial charge is 0.264 e. The maximum Gasteiger partial charge on any atom is 0.264 e. The number of thiazole rings is 1. The molecule has 2 aromatic rings. The Morgan fingerprint density at radius 1 is 1.48 bits per heavy atom. The maximum atomic E-state index is 12.3. The normalized spacial score (nSPS) is 12.0. The van der Waals surface area contributed by atoms with Gasteiger partial charge in [0, 0.05) is 18.0 Å². The molecule has 0 aromatic carbocycles. The predicted octanol–water partition coefficient (Wildman–Crippen LogP) is 2.79. The fourth-order valence-electron chi connectivity index (χ4n) is 1.77. The molecule has 5 nitrogen and oxygen atoms in total. The van der Waals surface area contributed by atoms with Crippen molar-refractivity contribution in [1.82, 2.24) is 15.3 Å². The van der Waals surface area contributed by atoms with Crippen LogP contribution in [0.5, 0.6) is 0 Å². The molecule has 0 fully saturated rings. The molecule has 0 bridgehead atoms. The molecule has 0 spiro atoms. The van der Waals surface area contributed by atoms with Crippen LogP contribution in [0.2, 0.25) is 0 Å². The second-order valence-electron chi connectivity index (χ2n) is 5.00. The lowest BCUT2D eigenvalue weighted by atomic mass is 10.1. The van der Waals surface area contributed by atoms with Crippen molar-refractivity contribution in [3.63, 3.8) is 0 Å². The molecule has 6 heteroatoms. The number of hydrogen-bond acceptors (Lipinski definition) is 5. The van der Waals surface area contributed by atoms with E-state index in [9.17, 15) is 4.79 Å². The lowest BCUT2D eigenvalue weighted by Crippen LogP contribution is -2.37. The van der Waals surface area contributed by atoms with Gasteiger partial charge in [-0.05, 0) is 25.0 Å². The maximum absolute atomic E-state index is 12.3. The molecule has 0 saturated heterocycles. The van der Waals surface area contributed by atoms with Gasteiger partial charge >= 0.3 is 0 Å². The lowest BCUT2D eigenvalue weighted by molar-refractivity contribution is 0.0941. The number of carbonyl (C=O) groups is 1. The molecule has 0 aliphatic carbocycles. The van der Waals surface area contributed by atoms with Crippen molar-refractivity contribution in [2.75, 3.05) is 0 Å². The van der Waals surface area contributed by atoms with E-state index in [0.29, 0.717) is 10.6 Å². The highest BCUT2D eigenvalue weighted by Gasteiger charge is 2.21. The summed E-state index contributed by atoms with van der Waals surface area (Å²) in [4.78, 5) is 21.3. The zero-order valence-corrected chi connectivity index (χ0v) is 12.9. The number of nitriles is 1. The summed E-state index contributed by atoms with van der Waals surface area (Å²) in [7, 11) is 0. The number of pyridine rings is 1. The summed E-state index contributed by atoms with van der Waals surface area (Å²) in [5, 5.41) is 12.6. The minimum atomic E-state index is -0.499. The molecule has 21 heavy (non-hydrogen) atoms. The summed E-state index contributed by atoms with van der Waals surface area (Å²) >= 11 is 1.31. The van der Waals surface area contributed by atoms with E-state index in [0.717, 1.165) is 10.6 Å². The van der Waals surface area contributed by atoms with Crippen LogP contribution in [0.1, 0.15) is 29.2 Å². The molecule has 108 valence electrons. The average Bonchev–Trinajstić information content (AvgIpc) is 2.87. The zero-order valence-electron chi connectivity index (χ0n) is 12.1. The standard InChI is InChI=1S/C15H16N4OS/c1-9(2)12(7-16)19-14(20)13-10(3)18-15(21-13)11-5-4-6-17-8-11/h4-6,8-9,12H,1-3H3,(H,19,20). The number of aromatic nitrogens is 2. The number of nitrogens with zero attached hydrogens (tertiary/aromatic N) is 3. The van der Waals surface area contributed by atoms with Crippen molar-refractivity contribution in [2.24, 2.45) is 5.92 Å². The molecule has 2 heterocycles. The molecule has 1 N–H and O–H groups in total. The van der Waals surface area contributed by atoms with Crippen LogP contribution < -0.4 is 5.32 Å². The first-order valence-electron chi connectivity index (χ1n) is 6.61. The fourth-order valence-corrected chi connectivity index (χ4v) is 2.73. The molecule has 1 unspecified atom stereocenters. The number of nitrogens with one attached hydrogen (secondary N) is 1. The highest BCUT2D eigenvalue weighted by Crippen LogP contribution is 2.27. The Kier molecular flexibility index (Phi) is 4.66. The number of aryl methyl sites for hydroxylation is 1. The summed E-state index contributed by atoms with van der Waals surface area (Å²) in [6.07, 6.45) is 3.41. The van der Waals surface area contributed by atoms with Crippen LogP contribution >= 0.6 is 11.3 Å². The van der Waals surface area contributed by atoms with E-state index in [1.54, 1.807) is 19.3 Å². The van der Waals surface area contributed by atoms with Crippen molar-refractivity contribution in [3.05, 3.63) is 35.1 Å². The van der Waals surface area contributed by atoms with Gasteiger partial charge in [0.1, 0.15) is 15.9 Å². The third-order valence-electron chi connectivity index (χ3n) is 3.00. The number of rotatable bonds is 4. The summed E-state index contributed by atoms with van der Waals surface area (Å²) in [6, 6.07) is 5.33. The molecule has 0 aliphatic heterocycles.